The van der Waals surface area contributed by atoms with E-state index < -0.39 is 29.2 Å². The predicted octanol–water partition coefficient (Wildman–Crippen LogP) is 7.88. The minimum Gasteiger partial charge on any atom is -0.494 e. The third-order valence-corrected chi connectivity index (χ3v) is 8.18. The van der Waals surface area contributed by atoms with Crippen molar-refractivity contribution >= 4 is 29.7 Å². The zero-order chi connectivity index (χ0) is 34.7. The average Bonchev–Trinajstić information content (AvgIpc) is 3.50. The van der Waals surface area contributed by atoms with Gasteiger partial charge >= 0.3 is 12.1 Å². The number of carboxylic acids is 1. The van der Waals surface area contributed by atoms with Crippen molar-refractivity contribution in [2.75, 3.05) is 7.11 Å². The topological polar surface area (TPSA) is 118 Å². The maximum absolute atomic E-state index is 14.4. The smallest absolute Gasteiger partial charge is 0.449 e. The standard InChI is InChI=1S/C35H35ClF3N3O5/c1-20-8-7-15-41-30(20)29(31(46-5)21(2)40)32(43)42(19-26-13-14-28(47-26)35(37,38)39)18-24-12-11-23(17-27(24)36)22-9-6-10-25(16-22)34(3,4)33(44)45/h6-17,20H,18-19,40H2,1-5H3,(H,44,45)/b30-29-,31-21?. The van der Waals surface area contributed by atoms with Crippen molar-refractivity contribution in [1.29, 1.82) is 0 Å². The summed E-state index contributed by atoms with van der Waals surface area (Å²) in [5.74, 6) is -3.12. The van der Waals surface area contributed by atoms with E-state index in [-0.39, 0.29) is 46.8 Å². The summed E-state index contributed by atoms with van der Waals surface area (Å²) in [4.78, 5) is 32.0. The van der Waals surface area contributed by atoms with Gasteiger partial charge in [0, 0.05) is 29.4 Å². The highest BCUT2D eigenvalue weighted by molar-refractivity contribution is 6.31. The van der Waals surface area contributed by atoms with E-state index in [1.54, 1.807) is 63.2 Å². The van der Waals surface area contributed by atoms with Crippen LogP contribution in [-0.2, 0) is 39.0 Å². The molecule has 12 heteroatoms. The number of nitrogens with two attached hydrogens (primary N) is 1. The van der Waals surface area contributed by atoms with Crippen LogP contribution in [0.1, 0.15) is 50.3 Å². The number of hydrogen-bond acceptors (Lipinski definition) is 6. The quantitative estimate of drug-likeness (QED) is 0.168. The highest BCUT2D eigenvalue weighted by atomic mass is 35.5. The summed E-state index contributed by atoms with van der Waals surface area (Å²) >= 11 is 6.76. The van der Waals surface area contributed by atoms with E-state index >= 15 is 0 Å². The van der Waals surface area contributed by atoms with Crippen LogP contribution in [0.2, 0.25) is 5.02 Å². The summed E-state index contributed by atoms with van der Waals surface area (Å²) in [6.45, 7) is 6.16. The third kappa shape index (κ3) is 7.79. The van der Waals surface area contributed by atoms with Gasteiger partial charge in [-0.2, -0.15) is 13.2 Å². The van der Waals surface area contributed by atoms with E-state index in [0.29, 0.717) is 22.4 Å². The Balaban J connectivity index is 1.78. The predicted molar refractivity (Wildman–Crippen MR) is 173 cm³/mol. The number of furan rings is 1. The monoisotopic (exact) mass is 669 g/mol. The lowest BCUT2D eigenvalue weighted by molar-refractivity contribution is -0.153. The fraction of sp³-hybridized carbons (Fsp3) is 0.286. The molecule has 0 fully saturated rings. The number of benzene rings is 2. The maximum atomic E-state index is 14.4. The van der Waals surface area contributed by atoms with E-state index in [4.69, 9.17) is 26.5 Å². The number of nitrogens with zero attached hydrogens (tertiary/aromatic N) is 2. The Hall–Kier alpha value is -4.77. The lowest BCUT2D eigenvalue weighted by atomic mass is 9.83. The first kappa shape index (κ1) is 35.1. The van der Waals surface area contributed by atoms with Gasteiger partial charge in [-0.3, -0.25) is 14.6 Å². The number of allylic oxidation sites excluding steroid dienone is 3. The van der Waals surface area contributed by atoms with Crippen LogP contribution in [0.3, 0.4) is 0 Å². The highest BCUT2D eigenvalue weighted by Gasteiger charge is 2.36. The minimum atomic E-state index is -4.71. The first-order chi connectivity index (χ1) is 22.0. The summed E-state index contributed by atoms with van der Waals surface area (Å²) < 4.78 is 50.8. The summed E-state index contributed by atoms with van der Waals surface area (Å²) in [5, 5.41) is 9.96. The Morgan fingerprint density at radius 2 is 1.79 bits per heavy atom. The Kier molecular flexibility index (Phi) is 10.4. The van der Waals surface area contributed by atoms with Crippen LogP contribution in [0.5, 0.6) is 0 Å². The zero-order valence-electron chi connectivity index (χ0n) is 26.5. The van der Waals surface area contributed by atoms with Gasteiger partial charge in [0.15, 0.2) is 5.76 Å². The van der Waals surface area contributed by atoms with E-state index in [9.17, 15) is 27.9 Å². The fourth-order valence-corrected chi connectivity index (χ4v) is 5.30. The van der Waals surface area contributed by atoms with Gasteiger partial charge < -0.3 is 24.9 Å². The van der Waals surface area contributed by atoms with E-state index in [1.165, 1.54) is 18.2 Å². The van der Waals surface area contributed by atoms with Crippen molar-refractivity contribution in [1.82, 2.24) is 4.90 Å². The van der Waals surface area contributed by atoms with Crippen LogP contribution >= 0.6 is 11.6 Å². The molecule has 1 amide bonds. The molecule has 0 bridgehead atoms. The number of alkyl halides is 3. The first-order valence-electron chi connectivity index (χ1n) is 14.6. The SMILES string of the molecule is COC(=C(C)N)/C(C(=O)N(Cc1ccc(C(F)(F)F)o1)Cc1ccc(-c2cccc(C(C)(C)C(=O)O)c2)cc1Cl)=C1/N=CC=CC1C. The molecule has 1 aliphatic rings. The van der Waals surface area contributed by atoms with Gasteiger partial charge in [0.2, 0.25) is 5.76 Å². The van der Waals surface area contributed by atoms with E-state index in [0.717, 1.165) is 17.7 Å². The number of ether oxygens (including phenoxy) is 1. The average molecular weight is 670 g/mol. The van der Waals surface area contributed by atoms with Crippen LogP contribution < -0.4 is 5.73 Å². The highest BCUT2D eigenvalue weighted by Crippen LogP contribution is 2.35. The molecule has 1 aromatic heterocycles. The second kappa shape index (κ2) is 13.9. The molecule has 0 saturated carbocycles. The van der Waals surface area contributed by atoms with Gasteiger partial charge in [-0.1, -0.05) is 61.0 Å². The van der Waals surface area contributed by atoms with Crippen molar-refractivity contribution in [3.05, 3.63) is 117 Å². The van der Waals surface area contributed by atoms with Gasteiger partial charge in [-0.25, -0.2) is 0 Å². The van der Waals surface area contributed by atoms with Crippen molar-refractivity contribution < 1.29 is 37.0 Å². The number of carbonyl (C=O) groups is 2. The molecule has 3 N–H and O–H groups in total. The maximum Gasteiger partial charge on any atom is 0.449 e. The Labute approximate surface area is 275 Å². The number of hydrogen-bond donors (Lipinski definition) is 2. The largest absolute Gasteiger partial charge is 0.494 e. The first-order valence-corrected chi connectivity index (χ1v) is 15.0. The number of aliphatic carboxylic acids is 1. The molecule has 0 radical (unpaired) electrons. The van der Waals surface area contributed by atoms with Gasteiger partial charge in [0.05, 0.1) is 24.8 Å². The molecule has 47 heavy (non-hydrogen) atoms. The summed E-state index contributed by atoms with van der Waals surface area (Å²) in [5.41, 5.74) is 8.13. The number of aliphatic imine (C=N–C) groups is 1. The van der Waals surface area contributed by atoms with Crippen molar-refractivity contribution in [3.63, 3.8) is 0 Å². The fourth-order valence-electron chi connectivity index (χ4n) is 5.06. The minimum absolute atomic E-state index is 0.0498. The van der Waals surface area contributed by atoms with Gasteiger partial charge in [0.25, 0.3) is 5.91 Å². The van der Waals surface area contributed by atoms with E-state index in [2.05, 4.69) is 4.99 Å². The summed E-state index contributed by atoms with van der Waals surface area (Å²) in [6, 6.07) is 14.2. The number of amides is 1. The molecule has 4 rings (SSSR count). The van der Waals surface area contributed by atoms with Gasteiger partial charge in [-0.15, -0.1) is 0 Å². The lowest BCUT2D eigenvalue weighted by Gasteiger charge is -2.27. The molecule has 1 aliphatic heterocycles. The molecule has 0 saturated heterocycles. The normalized spacial score (nSPS) is 16.5. The molecular formula is C35H35ClF3N3O5. The molecule has 3 aromatic rings. The third-order valence-electron chi connectivity index (χ3n) is 7.83. The molecule has 2 aromatic carbocycles. The molecular weight excluding hydrogens is 635 g/mol. The Morgan fingerprint density at radius 1 is 1.09 bits per heavy atom. The van der Waals surface area contributed by atoms with Crippen LogP contribution in [0.25, 0.3) is 11.1 Å². The van der Waals surface area contributed by atoms with Crippen molar-refractivity contribution in [2.24, 2.45) is 16.6 Å². The molecule has 8 nitrogen and oxygen atoms in total. The van der Waals surface area contributed by atoms with Crippen molar-refractivity contribution in [2.45, 2.75) is 52.4 Å². The number of carboxylic acid groups (broad SMARTS) is 1. The second-order valence-corrected chi connectivity index (χ2v) is 12.1. The second-order valence-electron chi connectivity index (χ2n) is 11.7. The summed E-state index contributed by atoms with van der Waals surface area (Å²) in [7, 11) is 1.36. The zero-order valence-corrected chi connectivity index (χ0v) is 27.2. The molecule has 2 heterocycles. The molecule has 248 valence electrons. The number of carbonyl (C=O) groups excluding carboxylic acids is 1. The molecule has 1 unspecified atom stereocenters. The summed E-state index contributed by atoms with van der Waals surface area (Å²) in [6.07, 6.45) is 0.387. The number of dihydropyridines is 1. The number of methoxy groups -OCH3 is 1. The number of halogens is 4. The van der Waals surface area contributed by atoms with Crippen LogP contribution in [0.4, 0.5) is 13.2 Å². The Morgan fingerprint density at radius 3 is 2.36 bits per heavy atom. The Bertz CT molecular complexity index is 1800. The molecule has 0 spiro atoms. The van der Waals surface area contributed by atoms with Crippen LogP contribution in [0, 0.1) is 5.92 Å². The molecule has 0 aliphatic carbocycles. The van der Waals surface area contributed by atoms with Crippen LogP contribution in [-0.4, -0.2) is 35.2 Å². The lowest BCUT2D eigenvalue weighted by Crippen LogP contribution is -2.33. The van der Waals surface area contributed by atoms with Crippen LogP contribution in [0.15, 0.2) is 98.9 Å². The van der Waals surface area contributed by atoms with Crippen molar-refractivity contribution in [3.8, 4) is 11.1 Å². The number of rotatable bonds is 10. The van der Waals surface area contributed by atoms with E-state index in [1.807, 2.05) is 19.1 Å². The van der Waals surface area contributed by atoms with Gasteiger partial charge in [0.1, 0.15) is 11.3 Å². The van der Waals surface area contributed by atoms with Gasteiger partial charge in [-0.05, 0) is 67.3 Å². The molecule has 1 atom stereocenters.